The SMILES string of the molecule is COCCNc1ccc(CN=C(N)NCCCN2CCOCC2)cc1. The van der Waals surface area contributed by atoms with Gasteiger partial charge in [0.15, 0.2) is 5.96 Å². The van der Waals surface area contributed by atoms with Gasteiger partial charge in [-0.1, -0.05) is 12.1 Å². The van der Waals surface area contributed by atoms with Crippen LogP contribution in [-0.4, -0.2) is 70.5 Å². The molecule has 0 unspecified atom stereocenters. The zero-order valence-corrected chi connectivity index (χ0v) is 15.2. The van der Waals surface area contributed by atoms with Crippen molar-refractivity contribution in [2.45, 2.75) is 13.0 Å². The molecule has 0 aliphatic carbocycles. The van der Waals surface area contributed by atoms with E-state index >= 15 is 0 Å². The first kappa shape index (κ1) is 19.5. The minimum atomic E-state index is 0.504. The van der Waals surface area contributed by atoms with E-state index in [2.05, 4.69) is 32.7 Å². The van der Waals surface area contributed by atoms with Crippen molar-refractivity contribution in [3.8, 4) is 0 Å². The summed E-state index contributed by atoms with van der Waals surface area (Å²) < 4.78 is 10.4. The van der Waals surface area contributed by atoms with Gasteiger partial charge < -0.3 is 25.8 Å². The fraction of sp³-hybridized carbons (Fsp3) is 0.611. The maximum absolute atomic E-state index is 5.93. The summed E-state index contributed by atoms with van der Waals surface area (Å²) in [5.74, 6) is 0.504. The molecule has 4 N–H and O–H groups in total. The van der Waals surface area contributed by atoms with E-state index in [0.29, 0.717) is 19.1 Å². The topological polar surface area (TPSA) is 84.1 Å². The van der Waals surface area contributed by atoms with E-state index in [1.54, 1.807) is 7.11 Å². The Morgan fingerprint density at radius 1 is 1.24 bits per heavy atom. The second kappa shape index (κ2) is 11.7. The van der Waals surface area contributed by atoms with Crippen LogP contribution in [0.25, 0.3) is 0 Å². The number of nitrogens with one attached hydrogen (secondary N) is 2. The van der Waals surface area contributed by atoms with E-state index in [0.717, 1.165) is 63.6 Å². The summed E-state index contributed by atoms with van der Waals surface area (Å²) in [6, 6.07) is 8.22. The largest absolute Gasteiger partial charge is 0.383 e. The van der Waals surface area contributed by atoms with E-state index in [1.807, 2.05) is 12.1 Å². The molecule has 1 aromatic carbocycles. The zero-order chi connectivity index (χ0) is 17.7. The Morgan fingerprint density at radius 3 is 2.72 bits per heavy atom. The number of ether oxygens (including phenoxy) is 2. The van der Waals surface area contributed by atoms with Crippen molar-refractivity contribution in [2.24, 2.45) is 10.7 Å². The van der Waals surface area contributed by atoms with Gasteiger partial charge in [-0.2, -0.15) is 0 Å². The summed E-state index contributed by atoms with van der Waals surface area (Å²) in [5.41, 5.74) is 8.15. The summed E-state index contributed by atoms with van der Waals surface area (Å²) in [7, 11) is 1.70. The van der Waals surface area contributed by atoms with Gasteiger partial charge in [0, 0.05) is 39.0 Å². The van der Waals surface area contributed by atoms with E-state index in [9.17, 15) is 0 Å². The third kappa shape index (κ3) is 8.20. The van der Waals surface area contributed by atoms with Crippen LogP contribution in [0.1, 0.15) is 12.0 Å². The Morgan fingerprint density at radius 2 is 2.00 bits per heavy atom. The van der Waals surface area contributed by atoms with E-state index in [-0.39, 0.29) is 0 Å². The molecule has 0 spiro atoms. The first-order chi connectivity index (χ1) is 12.3. The van der Waals surface area contributed by atoms with Gasteiger partial charge in [-0.25, -0.2) is 4.99 Å². The number of guanidine groups is 1. The highest BCUT2D eigenvalue weighted by Gasteiger charge is 2.08. The molecule has 140 valence electrons. The number of aliphatic imine (C=N–C) groups is 1. The molecular weight excluding hydrogens is 318 g/mol. The van der Waals surface area contributed by atoms with Gasteiger partial charge in [0.05, 0.1) is 26.4 Å². The maximum atomic E-state index is 5.93. The lowest BCUT2D eigenvalue weighted by atomic mass is 10.2. The molecule has 1 heterocycles. The van der Waals surface area contributed by atoms with Crippen molar-refractivity contribution in [2.75, 3.05) is 65.0 Å². The average molecular weight is 349 g/mol. The molecule has 1 fully saturated rings. The predicted octanol–water partition coefficient (Wildman–Crippen LogP) is 0.872. The van der Waals surface area contributed by atoms with E-state index in [4.69, 9.17) is 15.2 Å². The average Bonchev–Trinajstić information content (AvgIpc) is 2.66. The standard InChI is InChI=1S/C18H31N5O2/c1-24-12-8-20-17-5-3-16(4-6-17)15-22-18(19)21-7-2-9-23-10-13-25-14-11-23/h3-6,20H,2,7-15H2,1H3,(H3,19,21,22). The first-order valence-electron chi connectivity index (χ1n) is 8.93. The molecular formula is C18H31N5O2. The Labute approximate surface area is 150 Å². The van der Waals surface area contributed by atoms with Gasteiger partial charge in [-0.15, -0.1) is 0 Å². The third-order valence-corrected chi connectivity index (χ3v) is 4.08. The number of hydrogen-bond acceptors (Lipinski definition) is 5. The highest BCUT2D eigenvalue weighted by atomic mass is 16.5. The summed E-state index contributed by atoms with van der Waals surface area (Å²) in [6.45, 7) is 7.74. The molecule has 1 aromatic rings. The summed E-state index contributed by atoms with van der Waals surface area (Å²) in [5, 5.41) is 6.47. The number of nitrogens with two attached hydrogens (primary N) is 1. The Kier molecular flexibility index (Phi) is 9.11. The Hall–Kier alpha value is -1.83. The van der Waals surface area contributed by atoms with Crippen LogP contribution < -0.4 is 16.4 Å². The molecule has 0 aromatic heterocycles. The minimum Gasteiger partial charge on any atom is -0.383 e. The molecule has 1 aliphatic heterocycles. The van der Waals surface area contributed by atoms with Crippen molar-refractivity contribution in [3.63, 3.8) is 0 Å². The molecule has 0 bridgehead atoms. The second-order valence-corrected chi connectivity index (χ2v) is 6.05. The van der Waals surface area contributed by atoms with Crippen LogP contribution in [0.3, 0.4) is 0 Å². The molecule has 0 amide bonds. The van der Waals surface area contributed by atoms with Gasteiger partial charge in [0.1, 0.15) is 0 Å². The normalized spacial score (nSPS) is 16.0. The monoisotopic (exact) mass is 349 g/mol. The lowest BCUT2D eigenvalue weighted by Crippen LogP contribution is -2.39. The zero-order valence-electron chi connectivity index (χ0n) is 15.2. The fourth-order valence-electron chi connectivity index (χ4n) is 2.60. The molecule has 0 saturated carbocycles. The van der Waals surface area contributed by atoms with Crippen LogP contribution in [0.2, 0.25) is 0 Å². The molecule has 0 atom stereocenters. The minimum absolute atomic E-state index is 0.504. The van der Waals surface area contributed by atoms with Crippen LogP contribution in [0.5, 0.6) is 0 Å². The lowest BCUT2D eigenvalue weighted by molar-refractivity contribution is 0.0376. The maximum Gasteiger partial charge on any atom is 0.188 e. The van der Waals surface area contributed by atoms with Gasteiger partial charge in [0.25, 0.3) is 0 Å². The third-order valence-electron chi connectivity index (χ3n) is 4.08. The molecule has 7 nitrogen and oxygen atoms in total. The fourth-order valence-corrected chi connectivity index (χ4v) is 2.60. The number of rotatable bonds is 10. The van der Waals surface area contributed by atoms with Crippen molar-refractivity contribution in [1.82, 2.24) is 10.2 Å². The number of hydrogen-bond donors (Lipinski definition) is 3. The molecule has 7 heteroatoms. The highest BCUT2D eigenvalue weighted by Crippen LogP contribution is 2.10. The van der Waals surface area contributed by atoms with Gasteiger partial charge in [0.2, 0.25) is 0 Å². The summed E-state index contributed by atoms with van der Waals surface area (Å²) in [6.07, 6.45) is 1.05. The van der Waals surface area contributed by atoms with Crippen molar-refractivity contribution >= 4 is 11.6 Å². The number of anilines is 1. The molecule has 2 rings (SSSR count). The predicted molar refractivity (Wildman–Crippen MR) is 102 cm³/mol. The van der Waals surface area contributed by atoms with Gasteiger partial charge in [-0.3, -0.25) is 4.90 Å². The Balaban J connectivity index is 1.61. The summed E-state index contributed by atoms with van der Waals surface area (Å²) in [4.78, 5) is 6.81. The number of benzene rings is 1. The van der Waals surface area contributed by atoms with Crippen molar-refractivity contribution < 1.29 is 9.47 Å². The number of nitrogens with zero attached hydrogens (tertiary/aromatic N) is 2. The lowest BCUT2D eigenvalue weighted by Gasteiger charge is -2.26. The van der Waals surface area contributed by atoms with Crippen LogP contribution in [0, 0.1) is 0 Å². The van der Waals surface area contributed by atoms with Gasteiger partial charge >= 0.3 is 0 Å². The summed E-state index contributed by atoms with van der Waals surface area (Å²) >= 11 is 0. The molecule has 1 saturated heterocycles. The number of morpholine rings is 1. The van der Waals surface area contributed by atoms with Crippen LogP contribution >= 0.6 is 0 Å². The number of methoxy groups -OCH3 is 1. The van der Waals surface area contributed by atoms with Crippen molar-refractivity contribution in [1.29, 1.82) is 0 Å². The van der Waals surface area contributed by atoms with Crippen molar-refractivity contribution in [3.05, 3.63) is 29.8 Å². The van der Waals surface area contributed by atoms with E-state index in [1.165, 1.54) is 0 Å². The highest BCUT2D eigenvalue weighted by molar-refractivity contribution is 5.77. The Bertz CT molecular complexity index is 501. The molecule has 0 radical (unpaired) electrons. The van der Waals surface area contributed by atoms with Gasteiger partial charge in [-0.05, 0) is 30.7 Å². The first-order valence-corrected chi connectivity index (χ1v) is 8.93. The van der Waals surface area contributed by atoms with Crippen LogP contribution in [0.4, 0.5) is 5.69 Å². The molecule has 1 aliphatic rings. The second-order valence-electron chi connectivity index (χ2n) is 6.05. The molecule has 25 heavy (non-hydrogen) atoms. The van der Waals surface area contributed by atoms with Crippen LogP contribution in [0.15, 0.2) is 29.3 Å². The van der Waals surface area contributed by atoms with E-state index < -0.39 is 0 Å². The quantitative estimate of drug-likeness (QED) is 0.330. The van der Waals surface area contributed by atoms with Crippen LogP contribution in [-0.2, 0) is 16.0 Å². The smallest absolute Gasteiger partial charge is 0.188 e.